The van der Waals surface area contributed by atoms with E-state index in [4.69, 9.17) is 0 Å². The summed E-state index contributed by atoms with van der Waals surface area (Å²) >= 11 is 0. The molecule has 0 aromatic heterocycles. The number of nitrogens with one attached hydrogen (secondary N) is 1. The number of hydrogen-bond acceptors (Lipinski definition) is 2. The van der Waals surface area contributed by atoms with E-state index in [1.807, 2.05) is 4.90 Å². The average Bonchev–Trinajstić information content (AvgIpc) is 2.44. The third-order valence-corrected chi connectivity index (χ3v) is 4.35. The fourth-order valence-electron chi connectivity index (χ4n) is 3.30. The number of carbonyl (C=O) groups is 1. The van der Waals surface area contributed by atoms with Gasteiger partial charge in [0.1, 0.15) is 5.82 Å². The third-order valence-electron chi connectivity index (χ3n) is 4.35. The lowest BCUT2D eigenvalue weighted by atomic mass is 9.73. The molecule has 1 amide bonds. The molecular formula is C15H19FN2O. The van der Waals surface area contributed by atoms with Crippen molar-refractivity contribution in [3.8, 4) is 0 Å². The maximum absolute atomic E-state index is 13.0. The van der Waals surface area contributed by atoms with Crippen LogP contribution in [0.1, 0.15) is 25.7 Å². The number of carbonyl (C=O) groups excluding carboxylic acids is 1. The van der Waals surface area contributed by atoms with Crippen molar-refractivity contribution < 1.29 is 9.18 Å². The maximum atomic E-state index is 13.0. The van der Waals surface area contributed by atoms with Crippen LogP contribution in [0.3, 0.4) is 0 Å². The summed E-state index contributed by atoms with van der Waals surface area (Å²) in [5.74, 6) is -0.0557. The Morgan fingerprint density at radius 3 is 2.58 bits per heavy atom. The van der Waals surface area contributed by atoms with E-state index in [0.29, 0.717) is 0 Å². The number of piperidine rings is 2. The highest BCUT2D eigenvalue weighted by molar-refractivity contribution is 5.98. The molecular weight excluding hydrogens is 243 g/mol. The SMILES string of the molecule is O=C1N(c2ccc(F)cc2)CCCC12CCCNC2. The number of benzene rings is 1. The van der Waals surface area contributed by atoms with E-state index in [-0.39, 0.29) is 17.1 Å². The Kier molecular flexibility index (Phi) is 3.27. The Labute approximate surface area is 112 Å². The summed E-state index contributed by atoms with van der Waals surface area (Å²) in [5.41, 5.74) is 0.585. The lowest BCUT2D eigenvalue weighted by Gasteiger charge is -2.44. The van der Waals surface area contributed by atoms with Gasteiger partial charge in [-0.2, -0.15) is 0 Å². The highest BCUT2D eigenvalue weighted by atomic mass is 19.1. The largest absolute Gasteiger partial charge is 0.316 e. The van der Waals surface area contributed by atoms with Crippen LogP contribution in [-0.2, 0) is 4.79 Å². The quantitative estimate of drug-likeness (QED) is 0.842. The Morgan fingerprint density at radius 1 is 1.16 bits per heavy atom. The third kappa shape index (κ3) is 2.25. The summed E-state index contributed by atoms with van der Waals surface area (Å²) < 4.78 is 13.0. The van der Waals surface area contributed by atoms with Crippen molar-refractivity contribution >= 4 is 11.6 Å². The van der Waals surface area contributed by atoms with Gasteiger partial charge in [-0.25, -0.2) is 4.39 Å². The Balaban J connectivity index is 1.86. The molecule has 1 aromatic carbocycles. The zero-order valence-electron chi connectivity index (χ0n) is 11.0. The van der Waals surface area contributed by atoms with Crippen LogP contribution in [0.15, 0.2) is 24.3 Å². The van der Waals surface area contributed by atoms with Gasteiger partial charge in [-0.15, -0.1) is 0 Å². The molecule has 19 heavy (non-hydrogen) atoms. The van der Waals surface area contributed by atoms with Crippen molar-refractivity contribution in [1.82, 2.24) is 5.32 Å². The second-order valence-corrected chi connectivity index (χ2v) is 5.60. The zero-order chi connectivity index (χ0) is 13.3. The van der Waals surface area contributed by atoms with Gasteiger partial charge in [0.2, 0.25) is 5.91 Å². The Bertz CT molecular complexity index is 460. The fraction of sp³-hybridized carbons (Fsp3) is 0.533. The molecule has 1 unspecified atom stereocenters. The monoisotopic (exact) mass is 262 g/mol. The first-order valence-corrected chi connectivity index (χ1v) is 7.00. The molecule has 2 fully saturated rings. The number of nitrogens with zero attached hydrogens (tertiary/aromatic N) is 1. The van der Waals surface area contributed by atoms with Crippen LogP contribution in [0.5, 0.6) is 0 Å². The summed E-state index contributed by atoms with van der Waals surface area (Å²) in [4.78, 5) is 14.6. The standard InChI is InChI=1S/C15H19FN2O/c16-12-3-5-13(6-4-12)18-10-2-8-15(14(18)19)7-1-9-17-11-15/h3-6,17H,1-2,7-11H2. The fourth-order valence-corrected chi connectivity index (χ4v) is 3.30. The van der Waals surface area contributed by atoms with Crippen molar-refractivity contribution in [1.29, 1.82) is 0 Å². The van der Waals surface area contributed by atoms with Crippen LogP contribution >= 0.6 is 0 Å². The molecule has 2 aliphatic rings. The molecule has 0 saturated carbocycles. The molecule has 3 rings (SSSR count). The Morgan fingerprint density at radius 2 is 1.89 bits per heavy atom. The molecule has 2 saturated heterocycles. The van der Waals surface area contributed by atoms with E-state index in [9.17, 15) is 9.18 Å². The van der Waals surface area contributed by atoms with Crippen molar-refractivity contribution in [2.75, 3.05) is 24.5 Å². The second kappa shape index (κ2) is 4.93. The van der Waals surface area contributed by atoms with E-state index >= 15 is 0 Å². The highest BCUT2D eigenvalue weighted by Crippen LogP contribution is 2.38. The predicted molar refractivity (Wildman–Crippen MR) is 72.5 cm³/mol. The predicted octanol–water partition coefficient (Wildman–Crippen LogP) is 2.32. The van der Waals surface area contributed by atoms with Gasteiger partial charge in [-0.05, 0) is 56.5 Å². The molecule has 1 spiro atoms. The normalized spacial score (nSPS) is 27.8. The second-order valence-electron chi connectivity index (χ2n) is 5.60. The van der Waals surface area contributed by atoms with E-state index < -0.39 is 0 Å². The lowest BCUT2D eigenvalue weighted by molar-refractivity contribution is -0.131. The minimum Gasteiger partial charge on any atom is -0.316 e. The van der Waals surface area contributed by atoms with Crippen LogP contribution in [0, 0.1) is 11.2 Å². The smallest absolute Gasteiger partial charge is 0.234 e. The van der Waals surface area contributed by atoms with Crippen molar-refractivity contribution in [2.24, 2.45) is 5.41 Å². The first-order chi connectivity index (χ1) is 9.21. The molecule has 4 heteroatoms. The number of hydrogen-bond donors (Lipinski definition) is 1. The van der Waals surface area contributed by atoms with Crippen LogP contribution in [0.25, 0.3) is 0 Å². The number of anilines is 1. The minimum absolute atomic E-state index is 0.206. The molecule has 1 aromatic rings. The van der Waals surface area contributed by atoms with Gasteiger partial charge in [0.05, 0.1) is 5.41 Å². The van der Waals surface area contributed by atoms with Crippen molar-refractivity contribution in [3.63, 3.8) is 0 Å². The molecule has 1 atom stereocenters. The van der Waals surface area contributed by atoms with E-state index in [0.717, 1.165) is 51.0 Å². The van der Waals surface area contributed by atoms with Crippen LogP contribution in [0.4, 0.5) is 10.1 Å². The first kappa shape index (κ1) is 12.6. The molecule has 2 aliphatic heterocycles. The van der Waals surface area contributed by atoms with Crippen molar-refractivity contribution in [3.05, 3.63) is 30.1 Å². The van der Waals surface area contributed by atoms with Crippen LogP contribution in [0.2, 0.25) is 0 Å². The van der Waals surface area contributed by atoms with E-state index in [1.54, 1.807) is 12.1 Å². The van der Waals surface area contributed by atoms with E-state index in [2.05, 4.69) is 5.32 Å². The van der Waals surface area contributed by atoms with Gasteiger partial charge in [0, 0.05) is 18.8 Å². The summed E-state index contributed by atoms with van der Waals surface area (Å²) in [5, 5.41) is 3.35. The molecule has 0 bridgehead atoms. The molecule has 102 valence electrons. The van der Waals surface area contributed by atoms with E-state index in [1.165, 1.54) is 12.1 Å². The van der Waals surface area contributed by atoms with Gasteiger partial charge in [0.15, 0.2) is 0 Å². The highest BCUT2D eigenvalue weighted by Gasteiger charge is 2.44. The topological polar surface area (TPSA) is 32.3 Å². The van der Waals surface area contributed by atoms with Crippen LogP contribution < -0.4 is 10.2 Å². The first-order valence-electron chi connectivity index (χ1n) is 7.00. The number of halogens is 1. The number of amides is 1. The zero-order valence-corrected chi connectivity index (χ0v) is 11.0. The lowest BCUT2D eigenvalue weighted by Crippen LogP contribution is -2.55. The average molecular weight is 262 g/mol. The maximum Gasteiger partial charge on any atom is 0.234 e. The summed E-state index contributed by atoms with van der Waals surface area (Å²) in [6, 6.07) is 6.23. The van der Waals surface area contributed by atoms with Gasteiger partial charge in [-0.3, -0.25) is 4.79 Å². The van der Waals surface area contributed by atoms with Gasteiger partial charge in [0.25, 0.3) is 0 Å². The molecule has 0 radical (unpaired) electrons. The van der Waals surface area contributed by atoms with Gasteiger partial charge >= 0.3 is 0 Å². The summed E-state index contributed by atoms with van der Waals surface area (Å²) in [7, 11) is 0. The number of rotatable bonds is 1. The summed E-state index contributed by atoms with van der Waals surface area (Å²) in [6.45, 7) is 2.53. The Hall–Kier alpha value is -1.42. The molecule has 2 heterocycles. The molecule has 0 aliphatic carbocycles. The van der Waals surface area contributed by atoms with Crippen LogP contribution in [-0.4, -0.2) is 25.5 Å². The van der Waals surface area contributed by atoms with Crippen molar-refractivity contribution in [2.45, 2.75) is 25.7 Å². The molecule has 3 nitrogen and oxygen atoms in total. The minimum atomic E-state index is -0.262. The van der Waals surface area contributed by atoms with Gasteiger partial charge in [-0.1, -0.05) is 0 Å². The van der Waals surface area contributed by atoms with Gasteiger partial charge < -0.3 is 10.2 Å². The summed E-state index contributed by atoms with van der Waals surface area (Å²) in [6.07, 6.45) is 4.01. The molecule has 1 N–H and O–H groups in total.